The van der Waals surface area contributed by atoms with E-state index in [-0.39, 0.29) is 0 Å². The van der Waals surface area contributed by atoms with Gasteiger partial charge < -0.3 is 5.32 Å². The first-order valence-electron chi connectivity index (χ1n) is 8.19. The van der Waals surface area contributed by atoms with Gasteiger partial charge in [0.1, 0.15) is 0 Å². The zero-order valence-electron chi connectivity index (χ0n) is 13.2. The predicted molar refractivity (Wildman–Crippen MR) is 83.8 cm³/mol. The Bertz CT molecular complexity index is 466. The van der Waals surface area contributed by atoms with E-state index in [0.717, 1.165) is 11.8 Å². The molecule has 110 valence electrons. The van der Waals surface area contributed by atoms with Crippen molar-refractivity contribution in [3.63, 3.8) is 0 Å². The Morgan fingerprint density at radius 3 is 3.00 bits per heavy atom. The first-order valence-corrected chi connectivity index (χ1v) is 8.19. The van der Waals surface area contributed by atoms with Crippen LogP contribution in [0, 0.1) is 17.3 Å². The topological polar surface area (TPSA) is 24.9 Å². The van der Waals surface area contributed by atoms with Crippen molar-refractivity contribution in [2.75, 3.05) is 13.6 Å². The summed E-state index contributed by atoms with van der Waals surface area (Å²) >= 11 is 0. The third kappa shape index (κ3) is 2.63. The van der Waals surface area contributed by atoms with E-state index < -0.39 is 0 Å². The lowest BCUT2D eigenvalue weighted by molar-refractivity contribution is 0.0964. The monoisotopic (exact) mass is 272 g/mol. The molecule has 2 aliphatic carbocycles. The molecular weight excluding hydrogens is 244 g/mol. The van der Waals surface area contributed by atoms with E-state index in [0.29, 0.717) is 11.3 Å². The van der Waals surface area contributed by atoms with Crippen molar-refractivity contribution in [1.82, 2.24) is 10.3 Å². The maximum absolute atomic E-state index is 4.74. The van der Waals surface area contributed by atoms with E-state index >= 15 is 0 Å². The minimum atomic E-state index is 0.506. The third-order valence-electron chi connectivity index (χ3n) is 5.57. The molecule has 2 aliphatic rings. The van der Waals surface area contributed by atoms with Crippen LogP contribution < -0.4 is 5.32 Å². The minimum Gasteiger partial charge on any atom is -0.319 e. The largest absolute Gasteiger partial charge is 0.319 e. The van der Waals surface area contributed by atoms with E-state index in [2.05, 4.69) is 38.3 Å². The number of aryl methyl sites for hydroxylation is 1. The highest BCUT2D eigenvalue weighted by atomic mass is 14.8. The fraction of sp³-hybridized carbons (Fsp3) is 0.722. The summed E-state index contributed by atoms with van der Waals surface area (Å²) < 4.78 is 0. The molecule has 3 rings (SSSR count). The molecule has 1 aromatic rings. The molecule has 0 radical (unpaired) electrons. The molecule has 0 bridgehead atoms. The Kier molecular flexibility index (Phi) is 3.85. The summed E-state index contributed by atoms with van der Waals surface area (Å²) in [4.78, 5) is 4.74. The maximum atomic E-state index is 4.74. The van der Waals surface area contributed by atoms with Gasteiger partial charge in [0.2, 0.25) is 0 Å². The zero-order chi connectivity index (χ0) is 14.2. The fourth-order valence-electron chi connectivity index (χ4n) is 4.54. The molecule has 1 heterocycles. The molecule has 3 unspecified atom stereocenters. The molecular formula is C18H28N2. The molecule has 1 N–H and O–H groups in total. The van der Waals surface area contributed by atoms with Crippen LogP contribution in [0.25, 0.3) is 0 Å². The van der Waals surface area contributed by atoms with Crippen LogP contribution >= 0.6 is 0 Å². The number of nitrogens with zero attached hydrogens (tertiary/aromatic N) is 1. The Morgan fingerprint density at radius 2 is 2.20 bits per heavy atom. The molecule has 1 aromatic heterocycles. The summed E-state index contributed by atoms with van der Waals surface area (Å²) in [6, 6.07) is 4.38. The predicted octanol–water partition coefficient (Wildman–Crippen LogP) is 3.77. The second-order valence-corrected chi connectivity index (χ2v) is 7.58. The van der Waals surface area contributed by atoms with Crippen LogP contribution in [0.2, 0.25) is 0 Å². The van der Waals surface area contributed by atoms with Crippen molar-refractivity contribution in [3.05, 3.63) is 29.6 Å². The highest BCUT2D eigenvalue weighted by Crippen LogP contribution is 2.50. The molecule has 2 nitrogen and oxygen atoms in total. The normalized spacial score (nSPS) is 32.0. The maximum Gasteiger partial charge on any atom is 0.0469 e. The molecule has 3 atom stereocenters. The molecule has 0 saturated heterocycles. The van der Waals surface area contributed by atoms with Gasteiger partial charge in [0, 0.05) is 17.8 Å². The molecule has 0 amide bonds. The van der Waals surface area contributed by atoms with Crippen molar-refractivity contribution in [1.29, 1.82) is 0 Å². The van der Waals surface area contributed by atoms with Gasteiger partial charge in [-0.05, 0) is 74.6 Å². The summed E-state index contributed by atoms with van der Waals surface area (Å²) in [5, 5.41) is 3.42. The van der Waals surface area contributed by atoms with E-state index in [1.807, 2.05) is 6.20 Å². The van der Waals surface area contributed by atoms with E-state index in [1.54, 1.807) is 0 Å². The number of rotatable bonds is 3. The molecule has 0 aliphatic heterocycles. The minimum absolute atomic E-state index is 0.506. The number of nitrogens with one attached hydrogen (secondary N) is 1. The van der Waals surface area contributed by atoms with Gasteiger partial charge in [-0.15, -0.1) is 0 Å². The Balaban J connectivity index is 1.86. The Labute approximate surface area is 123 Å². The van der Waals surface area contributed by atoms with Crippen molar-refractivity contribution in [3.8, 4) is 0 Å². The van der Waals surface area contributed by atoms with Crippen LogP contribution in [0.15, 0.2) is 18.3 Å². The lowest BCUT2D eigenvalue weighted by Gasteiger charge is -2.43. The summed E-state index contributed by atoms with van der Waals surface area (Å²) in [5.41, 5.74) is 3.42. The second kappa shape index (κ2) is 5.48. The van der Waals surface area contributed by atoms with Crippen LogP contribution in [-0.4, -0.2) is 18.6 Å². The van der Waals surface area contributed by atoms with Gasteiger partial charge in [-0.25, -0.2) is 0 Å². The summed E-state index contributed by atoms with van der Waals surface area (Å²) in [5.74, 6) is 2.33. The zero-order valence-corrected chi connectivity index (χ0v) is 13.2. The number of hydrogen-bond donors (Lipinski definition) is 1. The molecule has 1 fully saturated rings. The van der Waals surface area contributed by atoms with Crippen LogP contribution in [0.1, 0.15) is 56.7 Å². The van der Waals surface area contributed by atoms with Crippen molar-refractivity contribution in [2.45, 2.75) is 51.9 Å². The molecule has 0 spiro atoms. The first kappa shape index (κ1) is 14.1. The second-order valence-electron chi connectivity index (χ2n) is 7.58. The van der Waals surface area contributed by atoms with Crippen molar-refractivity contribution < 1.29 is 0 Å². The standard InChI is InChI=1S/C18H28N2/c1-18(2)9-8-14(12-19-3)16(11-18)15-7-6-13-5-4-10-20-17(13)15/h4-5,10,14-16,19H,6-9,11-12H2,1-3H3. The van der Waals surface area contributed by atoms with Gasteiger partial charge in [0.05, 0.1) is 0 Å². The number of fused-ring (bicyclic) bond motifs is 1. The van der Waals surface area contributed by atoms with Gasteiger partial charge >= 0.3 is 0 Å². The number of hydrogen-bond acceptors (Lipinski definition) is 2. The summed E-state index contributed by atoms with van der Waals surface area (Å²) in [7, 11) is 2.09. The average Bonchev–Trinajstić information content (AvgIpc) is 2.84. The van der Waals surface area contributed by atoms with Crippen LogP contribution in [-0.2, 0) is 6.42 Å². The lowest BCUT2D eigenvalue weighted by atomic mass is 9.63. The average molecular weight is 272 g/mol. The molecule has 2 heteroatoms. The Morgan fingerprint density at radius 1 is 1.35 bits per heavy atom. The van der Waals surface area contributed by atoms with Gasteiger partial charge in [-0.1, -0.05) is 19.9 Å². The highest BCUT2D eigenvalue weighted by molar-refractivity contribution is 5.29. The lowest BCUT2D eigenvalue weighted by Crippen LogP contribution is -2.37. The first-order chi connectivity index (χ1) is 9.61. The van der Waals surface area contributed by atoms with Crippen LogP contribution in [0.4, 0.5) is 0 Å². The quantitative estimate of drug-likeness (QED) is 0.906. The van der Waals surface area contributed by atoms with E-state index in [1.165, 1.54) is 49.9 Å². The van der Waals surface area contributed by atoms with E-state index in [4.69, 9.17) is 4.98 Å². The summed E-state index contributed by atoms with van der Waals surface area (Å²) in [6.07, 6.45) is 8.64. The van der Waals surface area contributed by atoms with Crippen molar-refractivity contribution in [2.24, 2.45) is 17.3 Å². The third-order valence-corrected chi connectivity index (χ3v) is 5.57. The molecule has 1 saturated carbocycles. The van der Waals surface area contributed by atoms with Crippen LogP contribution in [0.5, 0.6) is 0 Å². The SMILES string of the molecule is CNCC1CCC(C)(C)CC1C1CCc2cccnc21. The fourth-order valence-corrected chi connectivity index (χ4v) is 4.54. The number of aromatic nitrogens is 1. The van der Waals surface area contributed by atoms with Crippen LogP contribution in [0.3, 0.4) is 0 Å². The van der Waals surface area contributed by atoms with E-state index in [9.17, 15) is 0 Å². The van der Waals surface area contributed by atoms with Gasteiger partial charge in [-0.3, -0.25) is 4.98 Å². The van der Waals surface area contributed by atoms with Gasteiger partial charge in [0.15, 0.2) is 0 Å². The smallest absolute Gasteiger partial charge is 0.0469 e. The van der Waals surface area contributed by atoms with Gasteiger partial charge in [0.25, 0.3) is 0 Å². The summed E-state index contributed by atoms with van der Waals surface area (Å²) in [6.45, 7) is 6.06. The number of pyridine rings is 1. The Hall–Kier alpha value is -0.890. The molecule has 0 aromatic carbocycles. The molecule has 20 heavy (non-hydrogen) atoms. The van der Waals surface area contributed by atoms with Crippen molar-refractivity contribution >= 4 is 0 Å². The van der Waals surface area contributed by atoms with Gasteiger partial charge in [-0.2, -0.15) is 0 Å². The highest BCUT2D eigenvalue weighted by Gasteiger charge is 2.41.